The minimum Gasteiger partial charge on any atom is -0.479 e. The number of aryl methyl sites for hydroxylation is 1. The van der Waals surface area contributed by atoms with Gasteiger partial charge in [0, 0.05) is 16.6 Å². The maximum Gasteiger partial charge on any atom is 0.338 e. The van der Waals surface area contributed by atoms with E-state index in [0.29, 0.717) is 30.2 Å². The molecule has 0 spiro atoms. The highest BCUT2D eigenvalue weighted by molar-refractivity contribution is 7.15. The van der Waals surface area contributed by atoms with Crippen LogP contribution in [0.3, 0.4) is 0 Å². The molecule has 1 unspecified atom stereocenters. The van der Waals surface area contributed by atoms with Crippen LogP contribution >= 0.6 is 11.3 Å². The lowest BCUT2D eigenvalue weighted by Gasteiger charge is -2.33. The first-order valence-corrected chi connectivity index (χ1v) is 12.5. The van der Waals surface area contributed by atoms with Crippen LogP contribution in [-0.2, 0) is 16.1 Å². The van der Waals surface area contributed by atoms with Crippen molar-refractivity contribution in [3.8, 4) is 27.7 Å². The zero-order valence-electron chi connectivity index (χ0n) is 20.2. The van der Waals surface area contributed by atoms with Gasteiger partial charge < -0.3 is 14.4 Å². The molecule has 0 saturated heterocycles. The van der Waals surface area contributed by atoms with Crippen molar-refractivity contribution in [2.24, 2.45) is 0 Å². The molecule has 3 heterocycles. The third kappa shape index (κ3) is 4.59. The fourth-order valence-electron chi connectivity index (χ4n) is 4.12. The third-order valence-electron chi connectivity index (χ3n) is 5.93. The molecule has 0 N–H and O–H groups in total. The molecule has 0 fully saturated rings. The van der Waals surface area contributed by atoms with Gasteiger partial charge in [-0.15, -0.1) is 11.3 Å². The molecule has 1 atom stereocenters. The van der Waals surface area contributed by atoms with E-state index in [0.717, 1.165) is 32.4 Å². The van der Waals surface area contributed by atoms with Gasteiger partial charge in [0.15, 0.2) is 6.10 Å². The Hall–Kier alpha value is -4.04. The summed E-state index contributed by atoms with van der Waals surface area (Å²) in [5, 5.41) is 0.848. The number of hydrogen-bond acceptors (Lipinski definition) is 7. The molecule has 5 rings (SSSR count). The second-order valence-corrected chi connectivity index (χ2v) is 9.63. The molecule has 0 saturated carbocycles. The molecule has 36 heavy (non-hydrogen) atoms. The van der Waals surface area contributed by atoms with Gasteiger partial charge in [0.1, 0.15) is 10.8 Å². The number of carbonyl (C=O) groups is 2. The topological polar surface area (TPSA) is 81.6 Å². The van der Waals surface area contributed by atoms with Crippen molar-refractivity contribution in [2.75, 3.05) is 11.5 Å². The highest BCUT2D eigenvalue weighted by Crippen LogP contribution is 2.40. The Balaban J connectivity index is 1.47. The van der Waals surface area contributed by atoms with Crippen molar-refractivity contribution in [3.63, 3.8) is 0 Å². The van der Waals surface area contributed by atoms with Gasteiger partial charge >= 0.3 is 5.97 Å². The molecule has 0 aliphatic carbocycles. The van der Waals surface area contributed by atoms with E-state index in [4.69, 9.17) is 14.5 Å². The predicted octanol–water partition coefficient (Wildman–Crippen LogP) is 5.67. The first kappa shape index (κ1) is 23.7. The van der Waals surface area contributed by atoms with Crippen LogP contribution in [0.2, 0.25) is 0 Å². The lowest BCUT2D eigenvalue weighted by molar-refractivity contribution is -0.125. The third-order valence-corrected chi connectivity index (χ3v) is 6.92. The first-order chi connectivity index (χ1) is 17.4. The zero-order valence-corrected chi connectivity index (χ0v) is 21.0. The summed E-state index contributed by atoms with van der Waals surface area (Å²) in [5.74, 6) is 0.156. The summed E-state index contributed by atoms with van der Waals surface area (Å²) in [4.78, 5) is 37.2. The second kappa shape index (κ2) is 9.91. The average Bonchev–Trinajstić information content (AvgIpc) is 3.29. The highest BCUT2D eigenvalue weighted by Gasteiger charge is 2.32. The van der Waals surface area contributed by atoms with E-state index in [1.165, 1.54) is 0 Å². The standard InChI is InChI=1S/C28H25N3O4S/c1-4-34-28(33)20-10-8-19(9-11-20)16-31-23-15-21(12-13-24(23)35-17(2)27(31)32)25-18(3)36-26(30-25)22-7-5-6-14-29-22/h5-15,17H,4,16H2,1-3H3. The molecular formula is C28H25N3O4S. The minimum absolute atomic E-state index is 0.127. The van der Waals surface area contributed by atoms with Crippen LogP contribution in [0.1, 0.15) is 34.6 Å². The Kier molecular flexibility index (Phi) is 6.52. The number of amides is 1. The number of esters is 1. The smallest absolute Gasteiger partial charge is 0.338 e. The second-order valence-electron chi connectivity index (χ2n) is 8.42. The van der Waals surface area contributed by atoms with E-state index in [9.17, 15) is 9.59 Å². The van der Waals surface area contributed by atoms with E-state index in [2.05, 4.69) is 4.98 Å². The van der Waals surface area contributed by atoms with Crippen molar-refractivity contribution >= 4 is 28.9 Å². The lowest BCUT2D eigenvalue weighted by Crippen LogP contribution is -2.44. The van der Waals surface area contributed by atoms with Gasteiger partial charge in [-0.05, 0) is 68.8 Å². The number of pyridine rings is 1. The Morgan fingerprint density at radius 2 is 1.94 bits per heavy atom. The van der Waals surface area contributed by atoms with E-state index < -0.39 is 6.10 Å². The molecule has 1 amide bonds. The van der Waals surface area contributed by atoms with Gasteiger partial charge in [0.25, 0.3) is 5.91 Å². The maximum atomic E-state index is 13.2. The molecule has 0 radical (unpaired) electrons. The van der Waals surface area contributed by atoms with Crippen molar-refractivity contribution in [1.29, 1.82) is 0 Å². The normalized spacial score (nSPS) is 14.8. The van der Waals surface area contributed by atoms with Crippen LogP contribution in [0.15, 0.2) is 66.9 Å². The SMILES string of the molecule is CCOC(=O)c1ccc(CN2C(=O)C(C)Oc3ccc(-c4nc(-c5ccccn5)sc4C)cc32)cc1. The van der Waals surface area contributed by atoms with Crippen molar-refractivity contribution < 1.29 is 19.1 Å². The molecule has 2 aromatic carbocycles. The number of hydrogen-bond donors (Lipinski definition) is 0. The molecule has 7 nitrogen and oxygen atoms in total. The number of aromatic nitrogens is 2. The van der Waals surface area contributed by atoms with Crippen LogP contribution in [-0.4, -0.2) is 34.6 Å². The van der Waals surface area contributed by atoms with Crippen molar-refractivity contribution in [1.82, 2.24) is 9.97 Å². The van der Waals surface area contributed by atoms with Gasteiger partial charge in [-0.25, -0.2) is 9.78 Å². The summed E-state index contributed by atoms with van der Waals surface area (Å²) in [5.41, 5.74) is 4.65. The Labute approximate surface area is 213 Å². The van der Waals surface area contributed by atoms with E-state index in [1.54, 1.807) is 48.4 Å². The minimum atomic E-state index is -0.598. The summed E-state index contributed by atoms with van der Waals surface area (Å²) in [6, 6.07) is 18.7. The fourth-order valence-corrected chi connectivity index (χ4v) is 5.04. The van der Waals surface area contributed by atoms with Crippen molar-refractivity contribution in [3.05, 3.63) is 82.9 Å². The van der Waals surface area contributed by atoms with Gasteiger partial charge in [0.2, 0.25) is 0 Å². The molecular weight excluding hydrogens is 474 g/mol. The van der Waals surface area contributed by atoms with Gasteiger partial charge in [-0.2, -0.15) is 0 Å². The summed E-state index contributed by atoms with van der Waals surface area (Å²) in [7, 11) is 0. The van der Waals surface area contributed by atoms with E-state index >= 15 is 0 Å². The largest absolute Gasteiger partial charge is 0.479 e. The lowest BCUT2D eigenvalue weighted by atomic mass is 10.1. The molecule has 1 aliphatic heterocycles. The Morgan fingerprint density at radius 3 is 2.67 bits per heavy atom. The Bertz CT molecular complexity index is 1420. The molecule has 4 aromatic rings. The molecule has 0 bridgehead atoms. The van der Waals surface area contributed by atoms with E-state index in [-0.39, 0.29) is 11.9 Å². The number of anilines is 1. The fraction of sp³-hybridized carbons (Fsp3) is 0.214. The number of fused-ring (bicyclic) bond motifs is 1. The predicted molar refractivity (Wildman–Crippen MR) is 139 cm³/mol. The maximum absolute atomic E-state index is 13.2. The van der Waals surface area contributed by atoms with Gasteiger partial charge in [-0.3, -0.25) is 9.78 Å². The summed E-state index contributed by atoms with van der Waals surface area (Å²) < 4.78 is 11.0. The van der Waals surface area contributed by atoms with Gasteiger partial charge in [0.05, 0.1) is 35.8 Å². The first-order valence-electron chi connectivity index (χ1n) is 11.7. The number of carbonyl (C=O) groups excluding carboxylic acids is 2. The Morgan fingerprint density at radius 1 is 1.14 bits per heavy atom. The number of rotatable bonds is 6. The van der Waals surface area contributed by atoms with Crippen molar-refractivity contribution in [2.45, 2.75) is 33.4 Å². The van der Waals surface area contributed by atoms with Crippen LogP contribution in [0, 0.1) is 6.92 Å². The number of thiazole rings is 1. The summed E-state index contributed by atoms with van der Waals surface area (Å²) in [6.07, 6.45) is 1.16. The molecule has 8 heteroatoms. The number of benzene rings is 2. The van der Waals surface area contributed by atoms with Crippen LogP contribution in [0.25, 0.3) is 22.0 Å². The molecule has 1 aliphatic rings. The van der Waals surface area contributed by atoms with Crippen LogP contribution in [0.4, 0.5) is 5.69 Å². The molecule has 2 aromatic heterocycles. The zero-order chi connectivity index (χ0) is 25.2. The quantitative estimate of drug-likeness (QED) is 0.318. The highest BCUT2D eigenvalue weighted by atomic mass is 32.1. The van der Waals surface area contributed by atoms with Gasteiger partial charge in [-0.1, -0.05) is 18.2 Å². The van der Waals surface area contributed by atoms with E-state index in [1.807, 2.05) is 55.5 Å². The monoisotopic (exact) mass is 499 g/mol. The summed E-state index contributed by atoms with van der Waals surface area (Å²) >= 11 is 1.59. The molecule has 182 valence electrons. The van der Waals surface area contributed by atoms with Crippen LogP contribution in [0.5, 0.6) is 5.75 Å². The average molecular weight is 500 g/mol. The van der Waals surface area contributed by atoms with Crippen LogP contribution < -0.4 is 9.64 Å². The summed E-state index contributed by atoms with van der Waals surface area (Å²) in [6.45, 7) is 6.23. The number of ether oxygens (including phenoxy) is 2. The number of nitrogens with zero attached hydrogens (tertiary/aromatic N) is 3.